The number of anilines is 2. The first-order chi connectivity index (χ1) is 10.8. The van der Waals surface area contributed by atoms with E-state index in [0.29, 0.717) is 0 Å². The molecule has 0 spiro atoms. The second-order valence-corrected chi connectivity index (χ2v) is 5.86. The van der Waals surface area contributed by atoms with Gasteiger partial charge in [0.2, 0.25) is 5.13 Å². The van der Waals surface area contributed by atoms with Gasteiger partial charge in [0.1, 0.15) is 11.3 Å². The van der Waals surface area contributed by atoms with Gasteiger partial charge < -0.3 is 5.32 Å². The molecule has 108 valence electrons. The van der Waals surface area contributed by atoms with Gasteiger partial charge in [-0.3, -0.25) is 4.40 Å². The number of benzene rings is 1. The average molecular weight is 307 g/mol. The normalized spacial score (nSPS) is 11.0. The molecule has 4 rings (SSSR count). The molecule has 5 nitrogen and oxygen atoms in total. The van der Waals surface area contributed by atoms with Crippen molar-refractivity contribution in [3.8, 4) is 10.7 Å². The number of nitrogens with one attached hydrogen (secondary N) is 1. The topological polar surface area (TPSA) is 55.1 Å². The first-order valence-electron chi connectivity index (χ1n) is 6.91. The van der Waals surface area contributed by atoms with Crippen molar-refractivity contribution < 1.29 is 0 Å². The van der Waals surface area contributed by atoms with Crippen molar-refractivity contribution in [3.63, 3.8) is 0 Å². The van der Waals surface area contributed by atoms with E-state index in [-0.39, 0.29) is 0 Å². The van der Waals surface area contributed by atoms with Gasteiger partial charge in [0, 0.05) is 11.9 Å². The molecule has 0 saturated carbocycles. The van der Waals surface area contributed by atoms with Gasteiger partial charge in [-0.2, -0.15) is 0 Å². The third kappa shape index (κ3) is 2.23. The molecule has 0 bridgehead atoms. The van der Waals surface area contributed by atoms with E-state index in [4.69, 9.17) is 0 Å². The molecule has 1 aromatic carbocycles. The molecule has 0 atom stereocenters. The predicted octanol–water partition coefficient (Wildman–Crippen LogP) is 3.90. The standard InChI is InChI=1S/C16H13N5S/c1-11-14(21-10-6-5-9-13(21)17-11)15-19-20-16(22-15)18-12-7-3-2-4-8-12/h2-10H,1H3,(H,18,20). The molecule has 1 N–H and O–H groups in total. The molecule has 0 aliphatic rings. The van der Waals surface area contributed by atoms with Gasteiger partial charge in [0.05, 0.1) is 5.69 Å². The molecule has 0 amide bonds. The monoisotopic (exact) mass is 307 g/mol. The largest absolute Gasteiger partial charge is 0.330 e. The van der Waals surface area contributed by atoms with E-state index in [1.165, 1.54) is 11.3 Å². The van der Waals surface area contributed by atoms with Gasteiger partial charge in [-0.25, -0.2) is 4.98 Å². The number of nitrogens with zero attached hydrogens (tertiary/aromatic N) is 4. The van der Waals surface area contributed by atoms with Gasteiger partial charge in [-0.15, -0.1) is 10.2 Å². The van der Waals surface area contributed by atoms with Crippen LogP contribution in [-0.2, 0) is 0 Å². The maximum absolute atomic E-state index is 4.56. The summed E-state index contributed by atoms with van der Waals surface area (Å²) in [4.78, 5) is 4.56. The summed E-state index contributed by atoms with van der Waals surface area (Å²) >= 11 is 1.52. The summed E-state index contributed by atoms with van der Waals surface area (Å²) < 4.78 is 2.04. The summed E-state index contributed by atoms with van der Waals surface area (Å²) in [6.45, 7) is 1.99. The molecule has 0 unspecified atom stereocenters. The molecule has 3 heterocycles. The molecular formula is C16H13N5S. The van der Waals surface area contributed by atoms with Crippen molar-refractivity contribution >= 4 is 27.8 Å². The quantitative estimate of drug-likeness (QED) is 0.623. The fourth-order valence-electron chi connectivity index (χ4n) is 2.39. The molecule has 0 aliphatic heterocycles. The number of rotatable bonds is 3. The van der Waals surface area contributed by atoms with Gasteiger partial charge >= 0.3 is 0 Å². The van der Waals surface area contributed by atoms with Crippen molar-refractivity contribution in [2.45, 2.75) is 6.92 Å². The Morgan fingerprint density at radius 2 is 1.82 bits per heavy atom. The Morgan fingerprint density at radius 1 is 1.00 bits per heavy atom. The lowest BCUT2D eigenvalue weighted by atomic mass is 10.3. The number of para-hydroxylation sites is 1. The minimum Gasteiger partial charge on any atom is -0.330 e. The van der Waals surface area contributed by atoms with Gasteiger partial charge in [0.15, 0.2) is 5.01 Å². The zero-order valence-corrected chi connectivity index (χ0v) is 12.7. The Labute approximate surface area is 131 Å². The Balaban J connectivity index is 1.73. The smallest absolute Gasteiger partial charge is 0.210 e. The number of hydrogen-bond donors (Lipinski definition) is 1. The second kappa shape index (κ2) is 5.23. The average Bonchev–Trinajstić information content (AvgIpc) is 3.11. The van der Waals surface area contributed by atoms with Crippen molar-refractivity contribution in [2.75, 3.05) is 5.32 Å². The summed E-state index contributed by atoms with van der Waals surface area (Å²) in [5.41, 5.74) is 3.87. The van der Waals surface area contributed by atoms with Crippen LogP contribution in [0.2, 0.25) is 0 Å². The molecule has 0 saturated heterocycles. The summed E-state index contributed by atoms with van der Waals surface area (Å²) in [5.74, 6) is 0. The minimum atomic E-state index is 0.770. The lowest BCUT2D eigenvalue weighted by Gasteiger charge is -2.00. The van der Waals surface area contributed by atoms with Crippen LogP contribution in [0.1, 0.15) is 5.69 Å². The first-order valence-corrected chi connectivity index (χ1v) is 7.72. The van der Waals surface area contributed by atoms with Gasteiger partial charge in [0.25, 0.3) is 0 Å². The highest BCUT2D eigenvalue weighted by Crippen LogP contribution is 2.30. The number of pyridine rings is 1. The first kappa shape index (κ1) is 13.0. The third-order valence-corrected chi connectivity index (χ3v) is 4.20. The lowest BCUT2D eigenvalue weighted by molar-refractivity contribution is 1.08. The predicted molar refractivity (Wildman–Crippen MR) is 88.6 cm³/mol. The molecule has 0 fully saturated rings. The van der Waals surface area contributed by atoms with E-state index >= 15 is 0 Å². The highest BCUT2D eigenvalue weighted by molar-refractivity contribution is 7.18. The number of aromatic nitrogens is 4. The fraction of sp³-hybridized carbons (Fsp3) is 0.0625. The van der Waals surface area contributed by atoms with Crippen LogP contribution >= 0.6 is 11.3 Å². The van der Waals surface area contributed by atoms with Crippen LogP contribution in [0.5, 0.6) is 0 Å². The molecule has 3 aromatic heterocycles. The van der Waals surface area contributed by atoms with Crippen molar-refractivity contribution in [3.05, 3.63) is 60.4 Å². The molecule has 22 heavy (non-hydrogen) atoms. The zero-order chi connectivity index (χ0) is 14.9. The molecule has 4 aromatic rings. The van der Waals surface area contributed by atoms with Gasteiger partial charge in [-0.05, 0) is 31.2 Å². The summed E-state index contributed by atoms with van der Waals surface area (Å²) in [6.07, 6.45) is 2.00. The lowest BCUT2D eigenvalue weighted by Crippen LogP contribution is -1.88. The van der Waals surface area contributed by atoms with Crippen molar-refractivity contribution in [1.82, 2.24) is 19.6 Å². The Kier molecular flexibility index (Phi) is 3.08. The van der Waals surface area contributed by atoms with E-state index in [1.54, 1.807) is 0 Å². The molecular weight excluding hydrogens is 294 g/mol. The Morgan fingerprint density at radius 3 is 2.68 bits per heavy atom. The van der Waals surface area contributed by atoms with E-state index in [0.717, 1.165) is 32.9 Å². The maximum Gasteiger partial charge on any atom is 0.210 e. The zero-order valence-electron chi connectivity index (χ0n) is 11.9. The van der Waals surface area contributed by atoms with Gasteiger partial charge in [-0.1, -0.05) is 35.6 Å². The molecule has 0 radical (unpaired) electrons. The molecule has 0 aliphatic carbocycles. The maximum atomic E-state index is 4.56. The van der Waals surface area contributed by atoms with Crippen LogP contribution in [0.3, 0.4) is 0 Å². The van der Waals surface area contributed by atoms with Crippen LogP contribution in [-0.4, -0.2) is 19.6 Å². The summed E-state index contributed by atoms with van der Waals surface area (Å²) in [7, 11) is 0. The second-order valence-electron chi connectivity index (χ2n) is 4.88. The summed E-state index contributed by atoms with van der Waals surface area (Å²) in [6, 6.07) is 15.9. The summed E-state index contributed by atoms with van der Waals surface area (Å²) in [5, 5.41) is 13.4. The minimum absolute atomic E-state index is 0.770. The fourth-order valence-corrected chi connectivity index (χ4v) is 3.24. The highest BCUT2D eigenvalue weighted by atomic mass is 32.1. The Hall–Kier alpha value is -2.73. The van der Waals surface area contributed by atoms with Crippen molar-refractivity contribution in [2.24, 2.45) is 0 Å². The van der Waals surface area contributed by atoms with Crippen molar-refractivity contribution in [1.29, 1.82) is 0 Å². The van der Waals surface area contributed by atoms with E-state index in [9.17, 15) is 0 Å². The Bertz CT molecular complexity index is 926. The number of hydrogen-bond acceptors (Lipinski definition) is 5. The third-order valence-electron chi connectivity index (χ3n) is 3.36. The highest BCUT2D eigenvalue weighted by Gasteiger charge is 2.15. The van der Waals surface area contributed by atoms with Crippen LogP contribution in [0.15, 0.2) is 54.7 Å². The number of fused-ring (bicyclic) bond motifs is 1. The van der Waals surface area contributed by atoms with E-state index < -0.39 is 0 Å². The van der Waals surface area contributed by atoms with Crippen LogP contribution in [0.4, 0.5) is 10.8 Å². The van der Waals surface area contributed by atoms with Crippen LogP contribution in [0.25, 0.3) is 16.3 Å². The van der Waals surface area contributed by atoms with Crippen LogP contribution < -0.4 is 5.32 Å². The van der Waals surface area contributed by atoms with E-state index in [2.05, 4.69) is 20.5 Å². The molecule has 6 heteroatoms. The van der Waals surface area contributed by atoms with E-state index in [1.807, 2.05) is 66.1 Å². The number of aryl methyl sites for hydroxylation is 1. The number of imidazole rings is 1. The SMILES string of the molecule is Cc1nc2ccccn2c1-c1nnc(Nc2ccccc2)s1. The van der Waals surface area contributed by atoms with Crippen LogP contribution in [0, 0.1) is 6.92 Å².